The molecule has 0 aromatic heterocycles. The Balaban J connectivity index is 2.94. The van der Waals surface area contributed by atoms with Crippen molar-refractivity contribution < 1.29 is 17.6 Å². The summed E-state index contributed by atoms with van der Waals surface area (Å²) in [5, 5.41) is 2.70. The molecule has 0 aliphatic heterocycles. The lowest BCUT2D eigenvalue weighted by molar-refractivity contribution is -0.124. The Morgan fingerprint density at radius 3 is 2.45 bits per heavy atom. The highest BCUT2D eigenvalue weighted by atomic mass is 32.2. The van der Waals surface area contributed by atoms with Gasteiger partial charge in [-0.15, -0.1) is 0 Å². The Hall–Kier alpha value is -1.47. The predicted molar refractivity (Wildman–Crippen MR) is 74.3 cm³/mol. The molecule has 1 aromatic carbocycles. The minimum atomic E-state index is -3.60. The van der Waals surface area contributed by atoms with Crippen LogP contribution in [0, 0.1) is 11.7 Å². The van der Waals surface area contributed by atoms with Gasteiger partial charge in [-0.1, -0.05) is 13.0 Å². The number of amides is 1. The summed E-state index contributed by atoms with van der Waals surface area (Å²) in [4.78, 5) is 11.3. The maximum Gasteiger partial charge on any atom is 0.224 e. The molecule has 112 valence electrons. The second kappa shape index (κ2) is 6.32. The number of hydrogen-bond donors (Lipinski definition) is 2. The third kappa shape index (κ3) is 4.01. The molecule has 0 saturated carbocycles. The van der Waals surface area contributed by atoms with E-state index in [0.29, 0.717) is 5.56 Å². The van der Waals surface area contributed by atoms with E-state index in [-0.39, 0.29) is 23.3 Å². The van der Waals surface area contributed by atoms with Gasteiger partial charge in [0, 0.05) is 18.7 Å². The van der Waals surface area contributed by atoms with Crippen molar-refractivity contribution in [1.29, 1.82) is 0 Å². The molecule has 5 nitrogen and oxygen atoms in total. The van der Waals surface area contributed by atoms with E-state index in [2.05, 4.69) is 5.32 Å². The molecule has 0 spiro atoms. The highest BCUT2D eigenvalue weighted by molar-refractivity contribution is 7.90. The first-order valence-corrected chi connectivity index (χ1v) is 8.06. The number of carbonyl (C=O) groups is 1. The molecule has 0 bridgehead atoms. The van der Waals surface area contributed by atoms with Gasteiger partial charge in [-0.25, -0.2) is 12.8 Å². The number of nitrogens with two attached hydrogens (primary N) is 1. The normalized spacial score (nSPS) is 14.7. The van der Waals surface area contributed by atoms with Crippen LogP contribution in [0.15, 0.2) is 23.1 Å². The van der Waals surface area contributed by atoms with Crippen molar-refractivity contribution in [3.05, 3.63) is 29.6 Å². The zero-order chi connectivity index (χ0) is 15.5. The lowest BCUT2D eigenvalue weighted by atomic mass is 10.1. The Bertz CT molecular complexity index is 602. The molecule has 1 rings (SSSR count). The molecule has 7 heteroatoms. The largest absolute Gasteiger partial charge is 0.349 e. The lowest BCUT2D eigenvalue weighted by Gasteiger charge is -2.17. The molecular formula is C13H19FN2O3S. The SMILES string of the molecule is CC(CN)C(=O)NC(C)c1ccc(S(C)(=O)=O)c(F)c1. The summed E-state index contributed by atoms with van der Waals surface area (Å²) in [5.41, 5.74) is 5.88. The van der Waals surface area contributed by atoms with Crippen LogP contribution in [0.5, 0.6) is 0 Å². The van der Waals surface area contributed by atoms with Crippen molar-refractivity contribution in [2.24, 2.45) is 11.7 Å². The molecule has 0 heterocycles. The fourth-order valence-corrected chi connectivity index (χ4v) is 2.36. The zero-order valence-electron chi connectivity index (χ0n) is 11.7. The smallest absolute Gasteiger partial charge is 0.224 e. The van der Waals surface area contributed by atoms with E-state index in [1.54, 1.807) is 13.8 Å². The second-order valence-corrected chi connectivity index (χ2v) is 6.81. The zero-order valence-corrected chi connectivity index (χ0v) is 12.5. The number of sulfone groups is 1. The number of nitrogens with one attached hydrogen (secondary N) is 1. The summed E-state index contributed by atoms with van der Waals surface area (Å²) < 4.78 is 36.4. The molecule has 0 fully saturated rings. The molecule has 1 aromatic rings. The van der Waals surface area contributed by atoms with Gasteiger partial charge < -0.3 is 11.1 Å². The number of benzene rings is 1. The van der Waals surface area contributed by atoms with Crippen LogP contribution in [0.2, 0.25) is 0 Å². The number of hydrogen-bond acceptors (Lipinski definition) is 4. The van der Waals surface area contributed by atoms with Crippen LogP contribution >= 0.6 is 0 Å². The standard InChI is InChI=1S/C13H19FN2O3S/c1-8(7-15)13(17)16-9(2)10-4-5-12(11(14)6-10)20(3,18)19/h4-6,8-9H,7,15H2,1-3H3,(H,16,17). The van der Waals surface area contributed by atoms with Gasteiger partial charge in [0.25, 0.3) is 0 Å². The van der Waals surface area contributed by atoms with E-state index >= 15 is 0 Å². The Labute approximate surface area is 118 Å². The van der Waals surface area contributed by atoms with Crippen molar-refractivity contribution in [2.45, 2.75) is 24.8 Å². The van der Waals surface area contributed by atoms with Crippen LogP contribution in [0.25, 0.3) is 0 Å². The van der Waals surface area contributed by atoms with Crippen LogP contribution in [0.3, 0.4) is 0 Å². The van der Waals surface area contributed by atoms with Gasteiger partial charge in [-0.05, 0) is 24.6 Å². The molecular weight excluding hydrogens is 283 g/mol. The first-order valence-electron chi connectivity index (χ1n) is 6.16. The molecule has 20 heavy (non-hydrogen) atoms. The topological polar surface area (TPSA) is 89.3 Å². The van der Waals surface area contributed by atoms with E-state index in [1.165, 1.54) is 12.1 Å². The van der Waals surface area contributed by atoms with Crippen LogP contribution < -0.4 is 11.1 Å². The Morgan fingerprint density at radius 1 is 1.40 bits per heavy atom. The second-order valence-electron chi connectivity index (χ2n) is 4.83. The fraction of sp³-hybridized carbons (Fsp3) is 0.462. The van der Waals surface area contributed by atoms with Crippen molar-refractivity contribution in [1.82, 2.24) is 5.32 Å². The third-order valence-corrected chi connectivity index (χ3v) is 4.15. The molecule has 1 amide bonds. The summed E-state index contributed by atoms with van der Waals surface area (Å²) in [5.74, 6) is -1.39. The van der Waals surface area contributed by atoms with Gasteiger partial charge in [0.15, 0.2) is 9.84 Å². The molecule has 2 atom stereocenters. The van der Waals surface area contributed by atoms with Gasteiger partial charge in [0.05, 0.1) is 6.04 Å². The maximum atomic E-state index is 13.8. The quantitative estimate of drug-likeness (QED) is 0.849. The molecule has 3 N–H and O–H groups in total. The van der Waals surface area contributed by atoms with E-state index in [4.69, 9.17) is 5.73 Å². The molecule has 0 aliphatic carbocycles. The van der Waals surface area contributed by atoms with Gasteiger partial charge in [-0.2, -0.15) is 0 Å². The summed E-state index contributed by atoms with van der Waals surface area (Å²) in [6.45, 7) is 3.60. The van der Waals surface area contributed by atoms with Crippen molar-refractivity contribution >= 4 is 15.7 Å². The van der Waals surface area contributed by atoms with Gasteiger partial charge in [0.1, 0.15) is 10.7 Å². The third-order valence-electron chi connectivity index (χ3n) is 3.02. The number of halogens is 1. The summed E-state index contributed by atoms with van der Waals surface area (Å²) in [6.07, 6.45) is 0.944. The Morgan fingerprint density at radius 2 is 2.00 bits per heavy atom. The van der Waals surface area contributed by atoms with Crippen LogP contribution in [-0.4, -0.2) is 27.1 Å². The molecule has 0 saturated heterocycles. The van der Waals surface area contributed by atoms with E-state index in [1.807, 2.05) is 0 Å². The van der Waals surface area contributed by atoms with Gasteiger partial charge >= 0.3 is 0 Å². The van der Waals surface area contributed by atoms with Crippen LogP contribution in [0.4, 0.5) is 4.39 Å². The first kappa shape index (κ1) is 16.6. The van der Waals surface area contributed by atoms with E-state index < -0.39 is 21.7 Å². The monoisotopic (exact) mass is 302 g/mol. The summed E-state index contributed by atoms with van der Waals surface area (Å²) >= 11 is 0. The van der Waals surface area contributed by atoms with Crippen molar-refractivity contribution in [2.75, 3.05) is 12.8 Å². The van der Waals surface area contributed by atoms with E-state index in [9.17, 15) is 17.6 Å². The average molecular weight is 302 g/mol. The lowest BCUT2D eigenvalue weighted by Crippen LogP contribution is -2.34. The number of rotatable bonds is 5. The minimum absolute atomic E-state index is 0.222. The molecule has 0 radical (unpaired) electrons. The molecule has 0 aliphatic rings. The van der Waals surface area contributed by atoms with Crippen LogP contribution in [-0.2, 0) is 14.6 Å². The van der Waals surface area contributed by atoms with E-state index in [0.717, 1.165) is 12.3 Å². The first-order chi connectivity index (χ1) is 9.16. The fourth-order valence-electron chi connectivity index (χ4n) is 1.63. The highest BCUT2D eigenvalue weighted by Gasteiger charge is 2.18. The van der Waals surface area contributed by atoms with Gasteiger partial charge in [0.2, 0.25) is 5.91 Å². The minimum Gasteiger partial charge on any atom is -0.349 e. The van der Waals surface area contributed by atoms with Crippen molar-refractivity contribution in [3.8, 4) is 0 Å². The predicted octanol–water partition coefficient (Wildman–Crippen LogP) is 1.00. The van der Waals surface area contributed by atoms with Crippen LogP contribution in [0.1, 0.15) is 25.5 Å². The van der Waals surface area contributed by atoms with Gasteiger partial charge in [-0.3, -0.25) is 4.79 Å². The average Bonchev–Trinajstić information content (AvgIpc) is 2.35. The molecule has 2 unspecified atom stereocenters. The highest BCUT2D eigenvalue weighted by Crippen LogP contribution is 2.20. The maximum absolute atomic E-state index is 13.8. The summed E-state index contributed by atoms with van der Waals surface area (Å²) in [6, 6.07) is 3.38. The number of carbonyl (C=O) groups excluding carboxylic acids is 1. The Kier molecular flexibility index (Phi) is 5.24. The summed E-state index contributed by atoms with van der Waals surface area (Å²) in [7, 11) is -3.60. The van der Waals surface area contributed by atoms with Crippen molar-refractivity contribution in [3.63, 3.8) is 0 Å².